The van der Waals surface area contributed by atoms with Gasteiger partial charge >= 0.3 is 5.97 Å². The zero-order valence-corrected chi connectivity index (χ0v) is 11.7. The van der Waals surface area contributed by atoms with E-state index in [2.05, 4.69) is 22.0 Å². The topological polar surface area (TPSA) is 53.4 Å². The second-order valence-electron chi connectivity index (χ2n) is 5.49. The van der Waals surface area contributed by atoms with Crippen LogP contribution in [-0.2, 0) is 11.3 Å². The normalized spacial score (nSPS) is 22.3. The maximum absolute atomic E-state index is 11.5. The van der Waals surface area contributed by atoms with Crippen LogP contribution in [0.4, 0.5) is 0 Å². The molecule has 108 valence electrons. The monoisotopic (exact) mass is 282 g/mol. The highest BCUT2D eigenvalue weighted by atomic mass is 16.4. The van der Waals surface area contributed by atoms with E-state index in [4.69, 9.17) is 0 Å². The molecule has 21 heavy (non-hydrogen) atoms. The van der Waals surface area contributed by atoms with Crippen LogP contribution in [0, 0.1) is 5.92 Å². The Hall–Kier alpha value is -2.20. The van der Waals surface area contributed by atoms with Crippen LogP contribution in [0.25, 0.3) is 0 Å². The van der Waals surface area contributed by atoms with Gasteiger partial charge in [0.15, 0.2) is 0 Å². The van der Waals surface area contributed by atoms with Crippen LogP contribution in [0.1, 0.15) is 17.2 Å². The van der Waals surface area contributed by atoms with Crippen LogP contribution in [-0.4, -0.2) is 34.0 Å². The number of aromatic nitrogens is 1. The van der Waals surface area contributed by atoms with E-state index in [1.54, 1.807) is 6.20 Å². The Morgan fingerprint density at radius 3 is 2.57 bits per heavy atom. The number of likely N-dealkylation sites (tertiary alicyclic amines) is 1. The van der Waals surface area contributed by atoms with Gasteiger partial charge in [0.25, 0.3) is 0 Å². The van der Waals surface area contributed by atoms with Crippen molar-refractivity contribution in [2.24, 2.45) is 5.92 Å². The van der Waals surface area contributed by atoms with Gasteiger partial charge in [-0.1, -0.05) is 36.4 Å². The van der Waals surface area contributed by atoms with Gasteiger partial charge in [-0.05, 0) is 17.7 Å². The molecular formula is C17H18N2O2. The number of hydrogen-bond acceptors (Lipinski definition) is 3. The van der Waals surface area contributed by atoms with Crippen molar-refractivity contribution in [3.05, 3.63) is 66.0 Å². The van der Waals surface area contributed by atoms with Crippen LogP contribution >= 0.6 is 0 Å². The van der Waals surface area contributed by atoms with E-state index in [0.29, 0.717) is 6.54 Å². The number of rotatable bonds is 4. The standard InChI is InChI=1S/C17H18N2O2/c20-17(21)15-12-19(10-13-6-2-1-3-7-13)11-14(15)16-8-4-5-9-18-16/h1-9,14-15H,10-12H2,(H,20,21). The molecule has 0 radical (unpaired) electrons. The molecule has 1 aromatic heterocycles. The summed E-state index contributed by atoms with van der Waals surface area (Å²) in [7, 11) is 0. The molecule has 1 aliphatic heterocycles. The van der Waals surface area contributed by atoms with E-state index in [1.807, 2.05) is 36.4 Å². The van der Waals surface area contributed by atoms with Crippen molar-refractivity contribution >= 4 is 5.97 Å². The summed E-state index contributed by atoms with van der Waals surface area (Å²) in [6.07, 6.45) is 1.73. The fourth-order valence-corrected chi connectivity index (χ4v) is 3.00. The molecule has 4 heteroatoms. The largest absolute Gasteiger partial charge is 0.481 e. The van der Waals surface area contributed by atoms with E-state index in [-0.39, 0.29) is 11.8 Å². The van der Waals surface area contributed by atoms with Gasteiger partial charge in [-0.3, -0.25) is 14.7 Å². The zero-order valence-electron chi connectivity index (χ0n) is 11.7. The Morgan fingerprint density at radius 1 is 1.14 bits per heavy atom. The first-order valence-electron chi connectivity index (χ1n) is 7.14. The van der Waals surface area contributed by atoms with Crippen molar-refractivity contribution in [2.75, 3.05) is 13.1 Å². The maximum Gasteiger partial charge on any atom is 0.308 e. The minimum Gasteiger partial charge on any atom is -0.481 e. The number of carboxylic acids is 1. The molecule has 2 aromatic rings. The van der Waals surface area contributed by atoms with Crippen LogP contribution in [0.15, 0.2) is 54.7 Å². The average Bonchev–Trinajstić information content (AvgIpc) is 2.93. The van der Waals surface area contributed by atoms with Crippen LogP contribution in [0.2, 0.25) is 0 Å². The van der Waals surface area contributed by atoms with Crippen LogP contribution in [0.3, 0.4) is 0 Å². The van der Waals surface area contributed by atoms with Crippen molar-refractivity contribution in [1.82, 2.24) is 9.88 Å². The molecule has 2 unspecified atom stereocenters. The van der Waals surface area contributed by atoms with E-state index >= 15 is 0 Å². The Labute approximate surface area is 124 Å². The average molecular weight is 282 g/mol. The van der Waals surface area contributed by atoms with Gasteiger partial charge < -0.3 is 5.11 Å². The highest BCUT2D eigenvalue weighted by Gasteiger charge is 2.39. The van der Waals surface area contributed by atoms with Gasteiger partial charge in [-0.25, -0.2) is 0 Å². The predicted octanol–water partition coefficient (Wildman–Crippen LogP) is 2.38. The Bertz CT molecular complexity index is 601. The molecule has 1 N–H and O–H groups in total. The van der Waals surface area contributed by atoms with E-state index in [9.17, 15) is 9.90 Å². The van der Waals surface area contributed by atoms with Gasteiger partial charge in [0.05, 0.1) is 5.92 Å². The molecule has 0 amide bonds. The summed E-state index contributed by atoms with van der Waals surface area (Å²) in [6.45, 7) is 2.10. The molecule has 1 fully saturated rings. The molecule has 1 aliphatic rings. The molecule has 3 rings (SSSR count). The van der Waals surface area contributed by atoms with Crippen LogP contribution < -0.4 is 0 Å². The summed E-state index contributed by atoms with van der Waals surface area (Å²) in [5, 5.41) is 9.47. The second kappa shape index (κ2) is 6.06. The summed E-state index contributed by atoms with van der Waals surface area (Å²) in [5.41, 5.74) is 2.09. The third-order valence-electron chi connectivity index (χ3n) is 4.03. The molecule has 0 bridgehead atoms. The van der Waals surface area contributed by atoms with E-state index in [1.165, 1.54) is 5.56 Å². The summed E-state index contributed by atoms with van der Waals surface area (Å²) in [5.74, 6) is -1.16. The second-order valence-corrected chi connectivity index (χ2v) is 5.49. The number of carbonyl (C=O) groups is 1. The third kappa shape index (κ3) is 3.11. The first kappa shape index (κ1) is 13.8. The lowest BCUT2D eigenvalue weighted by Gasteiger charge is -2.15. The van der Waals surface area contributed by atoms with Crippen molar-refractivity contribution in [2.45, 2.75) is 12.5 Å². The highest BCUT2D eigenvalue weighted by Crippen LogP contribution is 2.32. The zero-order chi connectivity index (χ0) is 14.7. The number of nitrogens with zero attached hydrogens (tertiary/aromatic N) is 2. The van der Waals surface area contributed by atoms with Gasteiger partial charge in [0, 0.05) is 37.4 Å². The van der Waals surface area contributed by atoms with Gasteiger partial charge in [0.2, 0.25) is 0 Å². The molecule has 1 aromatic carbocycles. The first-order chi connectivity index (χ1) is 10.2. The molecule has 0 aliphatic carbocycles. The summed E-state index contributed by atoms with van der Waals surface area (Å²) >= 11 is 0. The number of benzene rings is 1. The highest BCUT2D eigenvalue weighted by molar-refractivity contribution is 5.72. The van der Waals surface area contributed by atoms with E-state index < -0.39 is 5.97 Å². The van der Waals surface area contributed by atoms with Gasteiger partial charge in [-0.2, -0.15) is 0 Å². The van der Waals surface area contributed by atoms with Gasteiger partial charge in [0.1, 0.15) is 0 Å². The maximum atomic E-state index is 11.5. The van der Waals surface area contributed by atoms with Crippen LogP contribution in [0.5, 0.6) is 0 Å². The lowest BCUT2D eigenvalue weighted by Crippen LogP contribution is -2.23. The lowest BCUT2D eigenvalue weighted by atomic mass is 9.93. The van der Waals surface area contributed by atoms with Crippen molar-refractivity contribution in [1.29, 1.82) is 0 Å². The third-order valence-corrected chi connectivity index (χ3v) is 4.03. The number of aliphatic carboxylic acids is 1. The molecule has 1 saturated heterocycles. The molecule has 0 saturated carbocycles. The quantitative estimate of drug-likeness (QED) is 0.935. The number of pyridine rings is 1. The predicted molar refractivity (Wildman–Crippen MR) is 79.8 cm³/mol. The molecule has 2 atom stereocenters. The fourth-order valence-electron chi connectivity index (χ4n) is 3.00. The summed E-state index contributed by atoms with van der Waals surface area (Å²) in [4.78, 5) is 18.1. The lowest BCUT2D eigenvalue weighted by molar-refractivity contribution is -0.141. The number of carboxylic acid groups (broad SMARTS) is 1. The Kier molecular flexibility index (Phi) is 3.97. The molecular weight excluding hydrogens is 264 g/mol. The molecule has 0 spiro atoms. The Balaban J connectivity index is 1.77. The molecule has 4 nitrogen and oxygen atoms in total. The van der Waals surface area contributed by atoms with Crippen molar-refractivity contribution < 1.29 is 9.90 Å². The minimum absolute atomic E-state index is 0.0348. The Morgan fingerprint density at radius 2 is 1.90 bits per heavy atom. The van der Waals surface area contributed by atoms with Gasteiger partial charge in [-0.15, -0.1) is 0 Å². The van der Waals surface area contributed by atoms with Crippen molar-refractivity contribution in [3.8, 4) is 0 Å². The summed E-state index contributed by atoms with van der Waals surface area (Å²) < 4.78 is 0. The fraction of sp³-hybridized carbons (Fsp3) is 0.294. The molecule has 2 heterocycles. The van der Waals surface area contributed by atoms with E-state index in [0.717, 1.165) is 18.8 Å². The minimum atomic E-state index is -0.735. The SMILES string of the molecule is O=C(O)C1CN(Cc2ccccc2)CC1c1ccccn1. The first-order valence-corrected chi connectivity index (χ1v) is 7.14. The number of hydrogen-bond donors (Lipinski definition) is 1. The summed E-state index contributed by atoms with van der Waals surface area (Å²) in [6, 6.07) is 15.9. The van der Waals surface area contributed by atoms with Crippen molar-refractivity contribution in [3.63, 3.8) is 0 Å². The smallest absolute Gasteiger partial charge is 0.308 e.